The van der Waals surface area contributed by atoms with Gasteiger partial charge in [-0.2, -0.15) is 13.2 Å². The van der Waals surface area contributed by atoms with Crippen molar-refractivity contribution in [3.05, 3.63) is 78.4 Å². The number of anilines is 3. The van der Waals surface area contributed by atoms with E-state index in [1.807, 2.05) is 24.5 Å². The Morgan fingerprint density at radius 3 is 2.15 bits per heavy atom. The molecule has 4 nitrogen and oxygen atoms in total. The van der Waals surface area contributed by atoms with Gasteiger partial charge in [0.1, 0.15) is 0 Å². The van der Waals surface area contributed by atoms with Crippen LogP contribution in [0, 0.1) is 5.92 Å². The van der Waals surface area contributed by atoms with E-state index in [1.54, 1.807) is 24.5 Å². The van der Waals surface area contributed by atoms with Crippen molar-refractivity contribution in [3.8, 4) is 0 Å². The lowest BCUT2D eigenvalue weighted by atomic mass is 9.98. The smallest absolute Gasteiger partial charge is 0.371 e. The van der Waals surface area contributed by atoms with Crippen LogP contribution in [0.25, 0.3) is 0 Å². The lowest BCUT2D eigenvalue weighted by Gasteiger charge is -2.41. The van der Waals surface area contributed by atoms with E-state index in [-0.39, 0.29) is 6.04 Å². The van der Waals surface area contributed by atoms with Crippen LogP contribution in [0.1, 0.15) is 43.2 Å². The molecule has 3 aromatic rings. The van der Waals surface area contributed by atoms with Crippen molar-refractivity contribution in [1.82, 2.24) is 9.97 Å². The monoisotopic (exact) mass is 452 g/mol. The molecule has 0 spiro atoms. The highest BCUT2D eigenvalue weighted by atomic mass is 19.4. The van der Waals surface area contributed by atoms with Gasteiger partial charge in [-0.1, -0.05) is 6.92 Å². The predicted octanol–water partition coefficient (Wildman–Crippen LogP) is 6.43. The van der Waals surface area contributed by atoms with Gasteiger partial charge in [0.2, 0.25) is 0 Å². The van der Waals surface area contributed by atoms with Crippen molar-refractivity contribution in [1.29, 1.82) is 0 Å². The maximum absolute atomic E-state index is 13.2. The van der Waals surface area contributed by atoms with E-state index < -0.39 is 11.7 Å². The van der Waals surface area contributed by atoms with E-state index in [0.717, 1.165) is 49.4 Å². The molecule has 1 aromatic carbocycles. The molecule has 0 bridgehead atoms. The van der Waals surface area contributed by atoms with Gasteiger partial charge in [0.15, 0.2) is 0 Å². The highest BCUT2D eigenvalue weighted by molar-refractivity contribution is 5.68. The third-order valence-corrected chi connectivity index (χ3v) is 6.93. The minimum atomic E-state index is -4.35. The fourth-order valence-corrected chi connectivity index (χ4v) is 4.96. The van der Waals surface area contributed by atoms with Crippen molar-refractivity contribution in [2.75, 3.05) is 22.9 Å². The summed E-state index contributed by atoms with van der Waals surface area (Å²) in [5, 5.41) is 0. The lowest BCUT2D eigenvalue weighted by Crippen LogP contribution is -2.43. The summed E-state index contributed by atoms with van der Waals surface area (Å²) in [4.78, 5) is 13.1. The van der Waals surface area contributed by atoms with Crippen LogP contribution in [0.3, 0.4) is 0 Å². The van der Waals surface area contributed by atoms with Crippen LogP contribution in [0.5, 0.6) is 0 Å². The zero-order valence-electron chi connectivity index (χ0n) is 18.5. The number of aromatic nitrogens is 2. The van der Waals surface area contributed by atoms with Crippen molar-refractivity contribution >= 4 is 17.1 Å². The second-order valence-electron chi connectivity index (χ2n) is 9.09. The average molecular weight is 453 g/mol. The van der Waals surface area contributed by atoms with Gasteiger partial charge < -0.3 is 9.80 Å². The Morgan fingerprint density at radius 1 is 0.909 bits per heavy atom. The Kier molecular flexibility index (Phi) is 5.72. The maximum Gasteiger partial charge on any atom is 0.416 e. The number of alkyl halides is 3. The number of piperidine rings is 1. The highest BCUT2D eigenvalue weighted by Crippen LogP contribution is 2.51. The summed E-state index contributed by atoms with van der Waals surface area (Å²) in [6.07, 6.45) is 5.90. The first-order valence-corrected chi connectivity index (χ1v) is 11.5. The molecular formula is C26H27F3N4. The van der Waals surface area contributed by atoms with E-state index in [1.165, 1.54) is 17.7 Å². The molecule has 2 atom stereocenters. The number of pyridine rings is 2. The number of hydrogen-bond donors (Lipinski definition) is 0. The first-order chi connectivity index (χ1) is 15.9. The molecule has 172 valence electrons. The molecule has 1 aliphatic carbocycles. The second kappa shape index (κ2) is 8.69. The summed E-state index contributed by atoms with van der Waals surface area (Å²) in [6.45, 7) is 3.99. The van der Waals surface area contributed by atoms with Crippen LogP contribution in [0.4, 0.5) is 30.2 Å². The van der Waals surface area contributed by atoms with Gasteiger partial charge in [0, 0.05) is 49.1 Å². The van der Waals surface area contributed by atoms with Gasteiger partial charge in [-0.15, -0.1) is 0 Å². The SMILES string of the molecule is CC1CC1c1ccncc1N(c1ccc(C(F)(F)F)cc1)C1CCN(c2ccncc2)CC1. The molecule has 2 fully saturated rings. The third kappa shape index (κ3) is 4.54. The molecule has 0 amide bonds. The van der Waals surface area contributed by atoms with Crippen molar-refractivity contribution in [2.24, 2.45) is 5.92 Å². The van der Waals surface area contributed by atoms with Crippen molar-refractivity contribution in [2.45, 2.75) is 44.3 Å². The minimum Gasteiger partial charge on any atom is -0.371 e. The Morgan fingerprint density at radius 2 is 1.55 bits per heavy atom. The van der Waals surface area contributed by atoms with E-state index >= 15 is 0 Å². The molecule has 2 aliphatic rings. The topological polar surface area (TPSA) is 32.3 Å². The molecule has 5 rings (SSSR count). The number of halogens is 3. The standard InChI is InChI=1S/C26H27F3N4/c1-18-16-24(18)23-8-13-31-17-25(23)33(21-4-2-19(3-5-21)26(27,28)29)22-9-14-32(15-10-22)20-6-11-30-12-7-20/h2-8,11-13,17-18,22,24H,9-10,14-16H2,1H3. The molecule has 7 heteroatoms. The summed E-state index contributed by atoms with van der Waals surface area (Å²) in [7, 11) is 0. The van der Waals surface area contributed by atoms with Crippen LogP contribution in [-0.4, -0.2) is 29.1 Å². The normalized spacial score (nSPS) is 21.2. The molecule has 2 unspecified atom stereocenters. The van der Waals surface area contributed by atoms with E-state index in [4.69, 9.17) is 0 Å². The molecule has 0 N–H and O–H groups in total. The first kappa shape index (κ1) is 21.7. The van der Waals surface area contributed by atoms with Gasteiger partial charge in [-0.25, -0.2) is 0 Å². The maximum atomic E-state index is 13.2. The fourth-order valence-electron chi connectivity index (χ4n) is 4.96. The number of nitrogens with zero attached hydrogens (tertiary/aromatic N) is 4. The Bertz CT molecular complexity index is 1080. The lowest BCUT2D eigenvalue weighted by molar-refractivity contribution is -0.137. The molecule has 2 aromatic heterocycles. The first-order valence-electron chi connectivity index (χ1n) is 11.5. The number of benzene rings is 1. The van der Waals surface area contributed by atoms with E-state index in [9.17, 15) is 13.2 Å². The zero-order chi connectivity index (χ0) is 23.0. The van der Waals surface area contributed by atoms with Crippen LogP contribution in [-0.2, 0) is 6.18 Å². The van der Waals surface area contributed by atoms with Crippen LogP contribution in [0.2, 0.25) is 0 Å². The second-order valence-corrected chi connectivity index (χ2v) is 9.09. The van der Waals surface area contributed by atoms with E-state index in [2.05, 4.69) is 32.8 Å². The largest absolute Gasteiger partial charge is 0.416 e. The average Bonchev–Trinajstić information content (AvgIpc) is 3.57. The summed E-state index contributed by atoms with van der Waals surface area (Å²) >= 11 is 0. The molecule has 1 saturated carbocycles. The third-order valence-electron chi connectivity index (χ3n) is 6.93. The summed E-state index contributed by atoms with van der Waals surface area (Å²) in [5.41, 5.74) is 3.58. The van der Waals surface area contributed by atoms with Gasteiger partial charge in [-0.3, -0.25) is 9.97 Å². The minimum absolute atomic E-state index is 0.178. The summed E-state index contributed by atoms with van der Waals surface area (Å²) in [6, 6.07) is 11.9. The molecule has 3 heterocycles. The van der Waals surface area contributed by atoms with Crippen LogP contribution < -0.4 is 9.80 Å². The molecular weight excluding hydrogens is 425 g/mol. The molecule has 33 heavy (non-hydrogen) atoms. The van der Waals surface area contributed by atoms with Gasteiger partial charge >= 0.3 is 6.18 Å². The Hall–Kier alpha value is -3.09. The van der Waals surface area contributed by atoms with Crippen molar-refractivity contribution < 1.29 is 13.2 Å². The van der Waals surface area contributed by atoms with Crippen LogP contribution >= 0.6 is 0 Å². The van der Waals surface area contributed by atoms with Gasteiger partial charge in [-0.05, 0) is 79.1 Å². The van der Waals surface area contributed by atoms with Gasteiger partial charge in [0.05, 0.1) is 17.4 Å². The van der Waals surface area contributed by atoms with Gasteiger partial charge in [0.25, 0.3) is 0 Å². The predicted molar refractivity (Wildman–Crippen MR) is 124 cm³/mol. The van der Waals surface area contributed by atoms with Crippen molar-refractivity contribution in [3.63, 3.8) is 0 Å². The molecule has 1 aliphatic heterocycles. The Labute approximate surface area is 192 Å². The quantitative estimate of drug-likeness (QED) is 0.447. The Balaban J connectivity index is 1.47. The fraction of sp³-hybridized carbons (Fsp3) is 0.385. The molecule has 1 saturated heterocycles. The molecule has 0 radical (unpaired) electrons. The summed E-state index contributed by atoms with van der Waals surface area (Å²) in [5.74, 6) is 1.10. The number of rotatable bonds is 5. The summed E-state index contributed by atoms with van der Waals surface area (Å²) < 4.78 is 39.6. The highest BCUT2D eigenvalue weighted by Gasteiger charge is 2.38. The van der Waals surface area contributed by atoms with E-state index in [0.29, 0.717) is 11.8 Å². The van der Waals surface area contributed by atoms with Crippen LogP contribution in [0.15, 0.2) is 67.3 Å². The zero-order valence-corrected chi connectivity index (χ0v) is 18.5. The number of hydrogen-bond acceptors (Lipinski definition) is 4.